The quantitative estimate of drug-likeness (QED) is 0.833. The Morgan fingerprint density at radius 1 is 1.05 bits per heavy atom. The van der Waals surface area contributed by atoms with Crippen molar-refractivity contribution in [2.75, 3.05) is 18.8 Å². The molecule has 0 spiro atoms. The molecule has 1 aliphatic heterocycles. The Bertz CT molecular complexity index is 444. The Kier molecular flexibility index (Phi) is 6.05. The van der Waals surface area contributed by atoms with Crippen molar-refractivity contribution < 1.29 is 13.2 Å². The van der Waals surface area contributed by atoms with Gasteiger partial charge >= 0.3 is 0 Å². The maximum atomic E-state index is 12.8. The monoisotopic (exact) mass is 316 g/mol. The van der Waals surface area contributed by atoms with Crippen LogP contribution in [0.2, 0.25) is 0 Å². The van der Waals surface area contributed by atoms with Crippen LogP contribution in [0.25, 0.3) is 0 Å². The third-order valence-electron chi connectivity index (χ3n) is 4.76. The average molecular weight is 316 g/mol. The Morgan fingerprint density at radius 2 is 1.71 bits per heavy atom. The lowest BCUT2D eigenvalue weighted by molar-refractivity contribution is -0.134. The van der Waals surface area contributed by atoms with Crippen molar-refractivity contribution in [1.82, 2.24) is 4.90 Å². The molecule has 1 amide bonds. The van der Waals surface area contributed by atoms with Crippen LogP contribution in [0.15, 0.2) is 0 Å². The standard InChI is InChI=1S/C15H28N2O3S/c16-10-6-11-17(13-7-2-1-3-8-13)15(18)14-9-4-5-12-21(14,19)20/h13-14H,1-12,16H2. The maximum Gasteiger partial charge on any atom is 0.241 e. The van der Waals surface area contributed by atoms with Crippen molar-refractivity contribution >= 4 is 15.7 Å². The minimum absolute atomic E-state index is 0.157. The SMILES string of the molecule is NCCCN(C(=O)C1CCCCS1(=O)=O)C1CCCCC1. The molecule has 2 aliphatic rings. The Balaban J connectivity index is 2.12. The molecule has 2 N–H and O–H groups in total. The Morgan fingerprint density at radius 3 is 2.33 bits per heavy atom. The predicted octanol–water partition coefficient (Wildman–Crippen LogP) is 1.46. The van der Waals surface area contributed by atoms with Gasteiger partial charge in [0.15, 0.2) is 9.84 Å². The van der Waals surface area contributed by atoms with Crippen LogP contribution >= 0.6 is 0 Å². The molecule has 1 atom stereocenters. The van der Waals surface area contributed by atoms with E-state index in [9.17, 15) is 13.2 Å². The molecular weight excluding hydrogens is 288 g/mol. The van der Waals surface area contributed by atoms with Crippen molar-refractivity contribution in [3.05, 3.63) is 0 Å². The second-order valence-electron chi connectivity index (χ2n) is 6.32. The number of carbonyl (C=O) groups is 1. The first-order valence-electron chi connectivity index (χ1n) is 8.28. The van der Waals surface area contributed by atoms with Crippen LogP contribution in [0.1, 0.15) is 57.8 Å². The summed E-state index contributed by atoms with van der Waals surface area (Å²) in [6, 6.07) is 0.218. The third kappa shape index (κ3) is 4.19. The van der Waals surface area contributed by atoms with Crippen LogP contribution in [-0.4, -0.2) is 49.4 Å². The summed E-state index contributed by atoms with van der Waals surface area (Å²) in [4.78, 5) is 14.7. The van der Waals surface area contributed by atoms with E-state index in [0.29, 0.717) is 25.9 Å². The highest BCUT2D eigenvalue weighted by Gasteiger charge is 2.39. The maximum absolute atomic E-state index is 12.8. The highest BCUT2D eigenvalue weighted by atomic mass is 32.2. The summed E-state index contributed by atoms with van der Waals surface area (Å²) in [5.74, 6) is 0.00812. The lowest BCUT2D eigenvalue weighted by Crippen LogP contribution is -2.50. The molecule has 0 aromatic rings. The molecule has 122 valence electrons. The lowest BCUT2D eigenvalue weighted by Gasteiger charge is -2.37. The summed E-state index contributed by atoms with van der Waals surface area (Å²) in [6.45, 7) is 1.14. The highest BCUT2D eigenvalue weighted by Crippen LogP contribution is 2.27. The van der Waals surface area contributed by atoms with Crippen molar-refractivity contribution in [1.29, 1.82) is 0 Å². The minimum Gasteiger partial charge on any atom is -0.339 e. The molecule has 1 unspecified atom stereocenters. The van der Waals surface area contributed by atoms with Gasteiger partial charge in [0.1, 0.15) is 5.25 Å². The number of rotatable bonds is 5. The minimum atomic E-state index is -3.25. The summed E-state index contributed by atoms with van der Waals surface area (Å²) in [7, 11) is -3.25. The van der Waals surface area contributed by atoms with E-state index in [1.54, 1.807) is 0 Å². The largest absolute Gasteiger partial charge is 0.339 e. The Hall–Kier alpha value is -0.620. The van der Waals surface area contributed by atoms with Crippen molar-refractivity contribution in [2.45, 2.75) is 69.1 Å². The molecule has 1 aliphatic carbocycles. The van der Waals surface area contributed by atoms with E-state index in [4.69, 9.17) is 5.73 Å². The number of hydrogen-bond donors (Lipinski definition) is 1. The molecule has 0 radical (unpaired) electrons. The van der Waals surface area contributed by atoms with E-state index in [0.717, 1.165) is 38.5 Å². The fourth-order valence-corrected chi connectivity index (χ4v) is 5.40. The van der Waals surface area contributed by atoms with Gasteiger partial charge in [-0.15, -0.1) is 0 Å². The number of amides is 1. The molecule has 0 aromatic carbocycles. The fourth-order valence-electron chi connectivity index (χ4n) is 3.54. The van der Waals surface area contributed by atoms with Crippen LogP contribution in [0.4, 0.5) is 0 Å². The normalized spacial score (nSPS) is 26.4. The first-order valence-corrected chi connectivity index (χ1v) is 10.00. The number of nitrogens with zero attached hydrogens (tertiary/aromatic N) is 1. The molecule has 2 rings (SSSR count). The summed E-state index contributed by atoms with van der Waals surface area (Å²) in [6.07, 6.45) is 8.26. The van der Waals surface area contributed by atoms with E-state index in [2.05, 4.69) is 0 Å². The molecule has 2 fully saturated rings. The van der Waals surface area contributed by atoms with Crippen molar-refractivity contribution in [3.8, 4) is 0 Å². The summed E-state index contributed by atoms with van der Waals surface area (Å²) >= 11 is 0. The van der Waals surface area contributed by atoms with Gasteiger partial charge in [-0.3, -0.25) is 4.79 Å². The highest BCUT2D eigenvalue weighted by molar-refractivity contribution is 7.92. The van der Waals surface area contributed by atoms with Crippen LogP contribution in [0.5, 0.6) is 0 Å². The zero-order valence-corrected chi connectivity index (χ0v) is 13.6. The molecule has 6 heteroatoms. The zero-order valence-electron chi connectivity index (χ0n) is 12.8. The molecule has 1 saturated carbocycles. The van der Waals surface area contributed by atoms with E-state index in [1.165, 1.54) is 6.42 Å². The zero-order chi connectivity index (χ0) is 15.3. The average Bonchev–Trinajstić information content (AvgIpc) is 2.48. The van der Waals surface area contributed by atoms with Crippen LogP contribution in [0, 0.1) is 0 Å². The van der Waals surface area contributed by atoms with Crippen molar-refractivity contribution in [2.24, 2.45) is 5.73 Å². The molecule has 1 heterocycles. The topological polar surface area (TPSA) is 80.5 Å². The second-order valence-corrected chi connectivity index (χ2v) is 8.62. The summed E-state index contributed by atoms with van der Waals surface area (Å²) in [5.41, 5.74) is 5.58. The smallest absolute Gasteiger partial charge is 0.241 e. The first kappa shape index (κ1) is 16.7. The van der Waals surface area contributed by atoms with Gasteiger partial charge in [-0.25, -0.2) is 8.42 Å². The van der Waals surface area contributed by atoms with Crippen LogP contribution in [0.3, 0.4) is 0 Å². The van der Waals surface area contributed by atoms with E-state index in [-0.39, 0.29) is 17.7 Å². The van der Waals surface area contributed by atoms with Gasteiger partial charge in [-0.1, -0.05) is 25.7 Å². The number of sulfone groups is 1. The second kappa shape index (κ2) is 7.58. The molecule has 0 bridgehead atoms. The Labute approximate surface area is 128 Å². The van der Waals surface area contributed by atoms with E-state index < -0.39 is 15.1 Å². The van der Waals surface area contributed by atoms with Gasteiger partial charge in [0, 0.05) is 12.6 Å². The summed E-state index contributed by atoms with van der Waals surface area (Å²) in [5, 5.41) is -0.800. The van der Waals surface area contributed by atoms with Crippen LogP contribution in [-0.2, 0) is 14.6 Å². The van der Waals surface area contributed by atoms with Crippen LogP contribution < -0.4 is 5.73 Å². The molecular formula is C15H28N2O3S. The van der Waals surface area contributed by atoms with Gasteiger partial charge in [-0.2, -0.15) is 0 Å². The fraction of sp³-hybridized carbons (Fsp3) is 0.933. The number of hydrogen-bond acceptors (Lipinski definition) is 4. The summed E-state index contributed by atoms with van der Waals surface area (Å²) < 4.78 is 24.4. The molecule has 5 nitrogen and oxygen atoms in total. The van der Waals surface area contributed by atoms with Gasteiger partial charge in [0.25, 0.3) is 0 Å². The predicted molar refractivity (Wildman–Crippen MR) is 83.7 cm³/mol. The van der Waals surface area contributed by atoms with Gasteiger partial charge in [0.2, 0.25) is 5.91 Å². The molecule has 21 heavy (non-hydrogen) atoms. The molecule has 0 aromatic heterocycles. The van der Waals surface area contributed by atoms with E-state index >= 15 is 0 Å². The van der Waals surface area contributed by atoms with Crippen molar-refractivity contribution in [3.63, 3.8) is 0 Å². The third-order valence-corrected chi connectivity index (χ3v) is 6.92. The van der Waals surface area contributed by atoms with Gasteiger partial charge < -0.3 is 10.6 Å². The van der Waals surface area contributed by atoms with Gasteiger partial charge in [-0.05, 0) is 38.6 Å². The molecule has 1 saturated heterocycles. The number of nitrogens with two attached hydrogens (primary N) is 1. The first-order chi connectivity index (χ1) is 10.1. The lowest BCUT2D eigenvalue weighted by atomic mass is 9.93. The van der Waals surface area contributed by atoms with E-state index in [1.807, 2.05) is 4.90 Å². The van der Waals surface area contributed by atoms with Gasteiger partial charge in [0.05, 0.1) is 5.75 Å². The number of carbonyl (C=O) groups excluding carboxylic acids is 1.